The second-order valence-corrected chi connectivity index (χ2v) is 9.22. The Morgan fingerprint density at radius 3 is 2.15 bits per heavy atom. The van der Waals surface area contributed by atoms with Crippen LogP contribution in [0.25, 0.3) is 10.8 Å². The van der Waals surface area contributed by atoms with E-state index < -0.39 is 5.12 Å². The van der Waals surface area contributed by atoms with Gasteiger partial charge in [-0.3, -0.25) is 14.5 Å². The molecule has 0 saturated carbocycles. The molecule has 1 amide bonds. The monoisotopic (exact) mass is 464 g/mol. The Labute approximate surface area is 200 Å². The molecule has 2 aliphatic heterocycles. The third-order valence-corrected chi connectivity index (χ3v) is 7.20. The second-order valence-electron chi connectivity index (χ2n) is 8.08. The van der Waals surface area contributed by atoms with Gasteiger partial charge in [-0.25, -0.2) is 5.01 Å². The molecule has 1 fully saturated rings. The van der Waals surface area contributed by atoms with E-state index in [1.54, 1.807) is 5.01 Å². The Balaban J connectivity index is 1.53. The number of fused-ring (bicyclic) bond motifs is 1. The predicted octanol–water partition coefficient (Wildman–Crippen LogP) is 4.84. The molecule has 6 rings (SSSR count). The highest BCUT2D eigenvalue weighted by Crippen LogP contribution is 2.45. The summed E-state index contributed by atoms with van der Waals surface area (Å²) in [6.07, 6.45) is 0. The van der Waals surface area contributed by atoms with E-state index in [1.165, 1.54) is 11.8 Å². The van der Waals surface area contributed by atoms with Gasteiger partial charge in [0, 0.05) is 11.3 Å². The summed E-state index contributed by atoms with van der Waals surface area (Å²) in [6, 6.07) is 32.8. The number of anilines is 2. The molecule has 0 radical (unpaired) electrons. The summed E-state index contributed by atoms with van der Waals surface area (Å²) in [6.45, 7) is 0. The van der Waals surface area contributed by atoms with Crippen LogP contribution in [0.2, 0.25) is 0 Å². The number of carbonyl (C=O) groups is 2. The van der Waals surface area contributed by atoms with E-state index in [0.717, 1.165) is 22.1 Å². The van der Waals surface area contributed by atoms with E-state index in [2.05, 4.69) is 5.32 Å². The number of para-hydroxylation sites is 2. The summed E-state index contributed by atoms with van der Waals surface area (Å²) in [4.78, 5) is 28.3. The molecule has 2 heterocycles. The number of hydrazone groups is 1. The largest absolute Gasteiger partial charge is 0.304 e. The zero-order valence-electron chi connectivity index (χ0n) is 18.1. The predicted molar refractivity (Wildman–Crippen MR) is 137 cm³/mol. The molecule has 2 aliphatic rings. The van der Waals surface area contributed by atoms with Crippen LogP contribution in [0.3, 0.4) is 0 Å². The first-order valence-corrected chi connectivity index (χ1v) is 11.9. The van der Waals surface area contributed by atoms with Gasteiger partial charge in [0.2, 0.25) is 17.5 Å². The molecule has 7 heteroatoms. The first-order chi connectivity index (χ1) is 16.7. The summed E-state index contributed by atoms with van der Waals surface area (Å²) in [5.41, 5.74) is 2.08. The molecule has 4 aromatic carbocycles. The number of Topliss-reactive ketones (excluding diaryl/α,β-unsaturated/α-hetero) is 1. The normalized spacial score (nSPS) is 19.5. The maximum atomic E-state index is 14.0. The minimum Gasteiger partial charge on any atom is -0.304 e. The van der Waals surface area contributed by atoms with Crippen LogP contribution in [-0.2, 0) is 4.79 Å². The number of thioether (sulfide) groups is 1. The van der Waals surface area contributed by atoms with Crippen molar-refractivity contribution in [1.29, 1.82) is 0 Å². The number of carbonyl (C=O) groups excluding carboxylic acids is 2. The fraction of sp³-hybridized carbons (Fsp3) is 0.0741. The van der Waals surface area contributed by atoms with Crippen molar-refractivity contribution in [1.82, 2.24) is 5.32 Å². The Morgan fingerprint density at radius 1 is 0.824 bits per heavy atom. The van der Waals surface area contributed by atoms with Crippen molar-refractivity contribution >= 4 is 51.4 Å². The molecular weight excluding hydrogens is 444 g/mol. The lowest BCUT2D eigenvalue weighted by atomic mass is 10.0. The van der Waals surface area contributed by atoms with Crippen LogP contribution in [0, 0.1) is 0 Å². The van der Waals surface area contributed by atoms with Gasteiger partial charge in [0.1, 0.15) is 0 Å². The van der Waals surface area contributed by atoms with Crippen molar-refractivity contribution < 1.29 is 9.59 Å². The maximum Gasteiger partial charge on any atom is 0.268 e. The van der Waals surface area contributed by atoms with Gasteiger partial charge < -0.3 is 5.32 Å². The van der Waals surface area contributed by atoms with Gasteiger partial charge in [-0.15, -0.1) is 5.10 Å². The van der Waals surface area contributed by atoms with Gasteiger partial charge in [-0.05, 0) is 41.1 Å². The van der Waals surface area contributed by atoms with Crippen LogP contribution in [0.1, 0.15) is 10.4 Å². The van der Waals surface area contributed by atoms with Crippen LogP contribution in [-0.4, -0.2) is 28.4 Å². The van der Waals surface area contributed by atoms with Gasteiger partial charge in [0.05, 0.1) is 11.4 Å². The number of amides is 1. The van der Waals surface area contributed by atoms with E-state index >= 15 is 0 Å². The van der Waals surface area contributed by atoms with Crippen LogP contribution < -0.4 is 15.2 Å². The third kappa shape index (κ3) is 3.24. The highest BCUT2D eigenvalue weighted by Gasteiger charge is 2.57. The highest BCUT2D eigenvalue weighted by atomic mass is 32.2. The Morgan fingerprint density at radius 2 is 1.47 bits per heavy atom. The van der Waals surface area contributed by atoms with E-state index in [-0.39, 0.29) is 23.3 Å². The molecule has 1 unspecified atom stereocenters. The van der Waals surface area contributed by atoms with Gasteiger partial charge in [-0.2, -0.15) is 0 Å². The summed E-state index contributed by atoms with van der Waals surface area (Å²) in [7, 11) is 0. The SMILES string of the molecule is O=C1CSC2(N1)N(c1ccccc1)N=C(C(=O)c1ccc3ccccc3c1)N2c1ccccc1. The lowest BCUT2D eigenvalue weighted by Gasteiger charge is -2.39. The molecule has 6 nitrogen and oxygen atoms in total. The van der Waals surface area contributed by atoms with Crippen LogP contribution >= 0.6 is 11.8 Å². The highest BCUT2D eigenvalue weighted by molar-refractivity contribution is 8.02. The van der Waals surface area contributed by atoms with Gasteiger partial charge in [0.15, 0.2) is 0 Å². The molecule has 1 N–H and O–H groups in total. The Bertz CT molecular complexity index is 1440. The molecule has 0 aliphatic carbocycles. The number of nitrogens with zero attached hydrogens (tertiary/aromatic N) is 3. The number of amidine groups is 1. The van der Waals surface area contributed by atoms with Crippen molar-refractivity contribution in [2.75, 3.05) is 15.7 Å². The van der Waals surface area contributed by atoms with E-state index in [1.807, 2.05) is 108 Å². The zero-order valence-corrected chi connectivity index (χ0v) is 18.9. The van der Waals surface area contributed by atoms with Crippen molar-refractivity contribution in [3.8, 4) is 0 Å². The molecule has 0 aromatic heterocycles. The summed E-state index contributed by atoms with van der Waals surface area (Å²) >= 11 is 1.41. The molecule has 1 atom stereocenters. The molecule has 34 heavy (non-hydrogen) atoms. The first kappa shape index (κ1) is 20.5. The van der Waals surface area contributed by atoms with Crippen molar-refractivity contribution in [2.24, 2.45) is 5.10 Å². The maximum absolute atomic E-state index is 14.0. The number of benzene rings is 4. The smallest absolute Gasteiger partial charge is 0.268 e. The third-order valence-electron chi connectivity index (χ3n) is 5.93. The lowest BCUT2D eigenvalue weighted by molar-refractivity contribution is -0.118. The van der Waals surface area contributed by atoms with Crippen LogP contribution in [0.5, 0.6) is 0 Å². The van der Waals surface area contributed by atoms with E-state index in [0.29, 0.717) is 5.56 Å². The quantitative estimate of drug-likeness (QED) is 0.438. The van der Waals surface area contributed by atoms with Gasteiger partial charge in [-0.1, -0.05) is 84.6 Å². The summed E-state index contributed by atoms with van der Waals surface area (Å²) in [5, 5.41) is 10.6. The molecular formula is C27H20N4O2S. The van der Waals surface area contributed by atoms with Crippen LogP contribution in [0.15, 0.2) is 108 Å². The molecule has 166 valence electrons. The van der Waals surface area contributed by atoms with Crippen molar-refractivity contribution in [3.05, 3.63) is 109 Å². The topological polar surface area (TPSA) is 65.0 Å². The molecule has 4 aromatic rings. The van der Waals surface area contributed by atoms with Crippen molar-refractivity contribution in [3.63, 3.8) is 0 Å². The lowest BCUT2D eigenvalue weighted by Crippen LogP contribution is -2.62. The second kappa shape index (κ2) is 8.04. The number of hydrogen-bond donors (Lipinski definition) is 1. The fourth-order valence-electron chi connectivity index (χ4n) is 4.38. The van der Waals surface area contributed by atoms with E-state index in [9.17, 15) is 9.59 Å². The molecule has 1 saturated heterocycles. The molecule has 0 bridgehead atoms. The fourth-order valence-corrected chi connectivity index (χ4v) is 5.56. The van der Waals surface area contributed by atoms with E-state index in [4.69, 9.17) is 5.10 Å². The number of hydrogen-bond acceptors (Lipinski definition) is 6. The minimum atomic E-state index is -1.08. The summed E-state index contributed by atoms with van der Waals surface area (Å²) in [5.74, 6) is 0.190. The molecule has 1 spiro atoms. The standard InChI is InChI=1S/C27H20N4O2S/c32-24-18-34-27(28-24)30(22-11-3-1-4-12-22)26(29-31(27)23-13-5-2-6-14-23)25(33)21-16-15-19-9-7-8-10-20(19)17-21/h1-17H,18H2,(H,28,32). The first-order valence-electron chi connectivity index (χ1n) is 10.9. The van der Waals surface area contributed by atoms with Crippen molar-refractivity contribution in [2.45, 2.75) is 5.12 Å². The summed E-state index contributed by atoms with van der Waals surface area (Å²) < 4.78 is 0. The van der Waals surface area contributed by atoms with Gasteiger partial charge >= 0.3 is 0 Å². The number of nitrogens with one attached hydrogen (secondary N) is 1. The Hall–Kier alpha value is -4.10. The minimum absolute atomic E-state index is 0.110. The number of rotatable bonds is 4. The Kier molecular flexibility index (Phi) is 4.85. The average Bonchev–Trinajstić information content (AvgIpc) is 3.44. The zero-order chi connectivity index (χ0) is 23.1. The number of ketones is 1. The van der Waals surface area contributed by atoms with Crippen LogP contribution in [0.4, 0.5) is 11.4 Å². The average molecular weight is 465 g/mol. The van der Waals surface area contributed by atoms with Gasteiger partial charge in [0.25, 0.3) is 5.12 Å².